The van der Waals surface area contributed by atoms with Crippen LogP contribution in [-0.4, -0.2) is 44.1 Å². The topological polar surface area (TPSA) is 78.7 Å². The van der Waals surface area contributed by atoms with Crippen LogP contribution in [0.4, 0.5) is 21.5 Å². The average molecular weight is 400 g/mol. The van der Waals surface area contributed by atoms with E-state index < -0.39 is 4.92 Å². The molecule has 0 saturated carbocycles. The lowest BCUT2D eigenvalue weighted by molar-refractivity contribution is -0.384. The summed E-state index contributed by atoms with van der Waals surface area (Å²) < 4.78 is 13.8. The van der Waals surface area contributed by atoms with Crippen LogP contribution < -0.4 is 15.1 Å². The summed E-state index contributed by atoms with van der Waals surface area (Å²) in [7, 11) is 1.79. The maximum Gasteiger partial charge on any atom is 0.293 e. The molecular weight excluding hydrogens is 375 g/mol. The number of nitrogens with one attached hydrogen (secondary N) is 1. The number of nitrogens with zero attached hydrogens (tertiary/aromatic N) is 3. The lowest BCUT2D eigenvalue weighted by Gasteiger charge is -2.20. The fraction of sp³-hybridized carbons (Fsp3) is 0.381. The first-order valence-corrected chi connectivity index (χ1v) is 9.74. The normalized spacial score (nSPS) is 13.4. The molecule has 0 atom stereocenters. The molecule has 7 nitrogen and oxygen atoms in total. The van der Waals surface area contributed by atoms with Gasteiger partial charge in [0.05, 0.1) is 10.6 Å². The van der Waals surface area contributed by atoms with Crippen molar-refractivity contribution in [3.05, 3.63) is 64.0 Å². The van der Waals surface area contributed by atoms with Crippen LogP contribution in [0.5, 0.6) is 0 Å². The summed E-state index contributed by atoms with van der Waals surface area (Å²) in [6.45, 7) is 2.54. The molecule has 3 rings (SSSR count). The maximum absolute atomic E-state index is 13.8. The number of amides is 1. The second-order valence-electron chi connectivity index (χ2n) is 7.14. The molecule has 1 N–H and O–H groups in total. The molecule has 154 valence electrons. The van der Waals surface area contributed by atoms with E-state index in [1.807, 2.05) is 4.90 Å². The number of nitro benzene ring substituents is 1. The number of halogens is 1. The third-order valence-electron chi connectivity index (χ3n) is 5.10. The Bertz CT molecular complexity index is 884. The Morgan fingerprint density at radius 1 is 1.24 bits per heavy atom. The van der Waals surface area contributed by atoms with E-state index in [4.69, 9.17) is 0 Å². The Balaban J connectivity index is 1.56. The van der Waals surface area contributed by atoms with Crippen molar-refractivity contribution >= 4 is 23.0 Å². The molecular formula is C21H25FN4O3. The number of carbonyl (C=O) groups excluding carboxylic acids is 1. The number of nitro groups is 1. The SMILES string of the molecule is CN(CCCNC(=O)c1ccc(N2CCCC2)c([N+](=O)[O-])c1)c1ccccc1F. The van der Waals surface area contributed by atoms with Crippen LogP contribution in [-0.2, 0) is 0 Å². The maximum atomic E-state index is 13.8. The van der Waals surface area contributed by atoms with Crippen LogP contribution in [0.1, 0.15) is 29.6 Å². The molecule has 0 bridgehead atoms. The van der Waals surface area contributed by atoms with Crippen LogP contribution in [0.25, 0.3) is 0 Å². The average Bonchev–Trinajstić information content (AvgIpc) is 3.25. The van der Waals surface area contributed by atoms with Gasteiger partial charge in [-0.25, -0.2) is 4.39 Å². The van der Waals surface area contributed by atoms with E-state index in [1.165, 1.54) is 12.1 Å². The van der Waals surface area contributed by atoms with Crippen molar-refractivity contribution in [2.24, 2.45) is 0 Å². The van der Waals surface area contributed by atoms with E-state index in [1.54, 1.807) is 42.3 Å². The van der Waals surface area contributed by atoms with Crippen molar-refractivity contribution in [3.63, 3.8) is 0 Å². The van der Waals surface area contributed by atoms with Gasteiger partial charge in [-0.15, -0.1) is 0 Å². The predicted molar refractivity (Wildman–Crippen MR) is 111 cm³/mol. The summed E-state index contributed by atoms with van der Waals surface area (Å²) >= 11 is 0. The highest BCUT2D eigenvalue weighted by Crippen LogP contribution is 2.31. The van der Waals surface area contributed by atoms with Gasteiger partial charge in [0.15, 0.2) is 0 Å². The zero-order chi connectivity index (χ0) is 20.8. The zero-order valence-electron chi connectivity index (χ0n) is 16.4. The van der Waals surface area contributed by atoms with Gasteiger partial charge >= 0.3 is 0 Å². The quantitative estimate of drug-likeness (QED) is 0.416. The third-order valence-corrected chi connectivity index (χ3v) is 5.10. The van der Waals surface area contributed by atoms with E-state index in [2.05, 4.69) is 5.32 Å². The number of benzene rings is 2. The molecule has 1 heterocycles. The summed E-state index contributed by atoms with van der Waals surface area (Å²) in [5.74, 6) is -0.640. The Labute approximate surface area is 169 Å². The van der Waals surface area contributed by atoms with E-state index in [-0.39, 0.29) is 23.0 Å². The Morgan fingerprint density at radius 3 is 2.66 bits per heavy atom. The molecule has 8 heteroatoms. The summed E-state index contributed by atoms with van der Waals surface area (Å²) in [6, 6.07) is 11.2. The molecule has 1 saturated heterocycles. The lowest BCUT2D eigenvalue weighted by Crippen LogP contribution is -2.28. The largest absolute Gasteiger partial charge is 0.372 e. The summed E-state index contributed by atoms with van der Waals surface area (Å²) in [6.07, 6.45) is 2.64. The predicted octanol–water partition coefficient (Wildman–Crippen LogP) is 3.59. The van der Waals surface area contributed by atoms with Gasteiger partial charge in [0.25, 0.3) is 11.6 Å². The van der Waals surface area contributed by atoms with Gasteiger partial charge < -0.3 is 15.1 Å². The van der Waals surface area contributed by atoms with E-state index in [9.17, 15) is 19.3 Å². The fourth-order valence-electron chi connectivity index (χ4n) is 3.54. The van der Waals surface area contributed by atoms with Crippen LogP contribution in [0, 0.1) is 15.9 Å². The number of anilines is 2. The van der Waals surface area contributed by atoms with Crippen molar-refractivity contribution in [1.82, 2.24) is 5.32 Å². The minimum atomic E-state index is -0.437. The van der Waals surface area contributed by atoms with Crippen LogP contribution in [0.15, 0.2) is 42.5 Å². The van der Waals surface area contributed by atoms with E-state index in [0.29, 0.717) is 30.9 Å². The number of hydrogen-bond donors (Lipinski definition) is 1. The molecule has 1 aliphatic heterocycles. The minimum absolute atomic E-state index is 0.0427. The highest BCUT2D eigenvalue weighted by molar-refractivity contribution is 5.95. The number of para-hydroxylation sites is 1. The molecule has 1 amide bonds. The van der Waals surface area contributed by atoms with Crippen LogP contribution in [0.3, 0.4) is 0 Å². The first kappa shape index (κ1) is 20.6. The van der Waals surface area contributed by atoms with E-state index >= 15 is 0 Å². The molecule has 0 unspecified atom stereocenters. The monoisotopic (exact) mass is 400 g/mol. The molecule has 2 aromatic rings. The summed E-state index contributed by atoms with van der Waals surface area (Å²) in [5, 5.41) is 14.2. The number of carbonyl (C=O) groups is 1. The highest BCUT2D eigenvalue weighted by Gasteiger charge is 2.23. The third kappa shape index (κ3) is 5.01. The molecule has 0 aliphatic carbocycles. The summed E-state index contributed by atoms with van der Waals surface area (Å²) in [5.41, 5.74) is 1.29. The fourth-order valence-corrected chi connectivity index (χ4v) is 3.54. The van der Waals surface area contributed by atoms with Gasteiger partial charge in [-0.2, -0.15) is 0 Å². The van der Waals surface area contributed by atoms with Crippen LogP contribution >= 0.6 is 0 Å². The highest BCUT2D eigenvalue weighted by atomic mass is 19.1. The standard InChI is InChI=1S/C21H25FN4O3/c1-24(18-8-3-2-7-17(18)22)12-6-11-23-21(27)16-9-10-19(20(15-16)26(28)29)25-13-4-5-14-25/h2-3,7-10,15H,4-6,11-14H2,1H3,(H,23,27). The van der Waals surface area contributed by atoms with Gasteiger partial charge in [0.1, 0.15) is 11.5 Å². The second-order valence-corrected chi connectivity index (χ2v) is 7.14. The van der Waals surface area contributed by atoms with Crippen molar-refractivity contribution in [2.45, 2.75) is 19.3 Å². The minimum Gasteiger partial charge on any atom is -0.372 e. The second kappa shape index (κ2) is 9.36. The molecule has 1 aliphatic rings. The van der Waals surface area contributed by atoms with Crippen molar-refractivity contribution < 1.29 is 14.1 Å². The Kier molecular flexibility index (Phi) is 6.64. The first-order chi connectivity index (χ1) is 14.0. The van der Waals surface area contributed by atoms with Crippen molar-refractivity contribution in [1.29, 1.82) is 0 Å². The number of rotatable bonds is 8. The Morgan fingerprint density at radius 2 is 1.97 bits per heavy atom. The van der Waals surface area contributed by atoms with Crippen LogP contribution in [0.2, 0.25) is 0 Å². The molecule has 29 heavy (non-hydrogen) atoms. The molecule has 2 aromatic carbocycles. The van der Waals surface area contributed by atoms with Gasteiger partial charge in [0.2, 0.25) is 0 Å². The van der Waals surface area contributed by atoms with Crippen molar-refractivity contribution in [3.8, 4) is 0 Å². The molecule has 0 spiro atoms. The van der Waals surface area contributed by atoms with Gasteiger partial charge in [-0.05, 0) is 43.5 Å². The van der Waals surface area contributed by atoms with Gasteiger partial charge in [-0.1, -0.05) is 12.1 Å². The smallest absolute Gasteiger partial charge is 0.293 e. The summed E-state index contributed by atoms with van der Waals surface area (Å²) in [4.78, 5) is 27.2. The van der Waals surface area contributed by atoms with Crippen molar-refractivity contribution in [2.75, 3.05) is 43.0 Å². The molecule has 0 radical (unpaired) electrons. The molecule has 0 aromatic heterocycles. The molecule has 1 fully saturated rings. The van der Waals surface area contributed by atoms with Gasteiger partial charge in [-0.3, -0.25) is 14.9 Å². The van der Waals surface area contributed by atoms with Gasteiger partial charge in [0, 0.05) is 44.9 Å². The lowest BCUT2D eigenvalue weighted by atomic mass is 10.1. The number of hydrogen-bond acceptors (Lipinski definition) is 5. The van der Waals surface area contributed by atoms with E-state index in [0.717, 1.165) is 25.9 Å². The Hall–Kier alpha value is -3.16. The zero-order valence-corrected chi connectivity index (χ0v) is 16.4. The first-order valence-electron chi connectivity index (χ1n) is 9.74.